The zero-order chi connectivity index (χ0) is 16.4. The van der Waals surface area contributed by atoms with Crippen LogP contribution in [0.1, 0.15) is 36.8 Å². The van der Waals surface area contributed by atoms with Gasteiger partial charge in [-0.1, -0.05) is 0 Å². The maximum absolute atomic E-state index is 11.1. The van der Waals surface area contributed by atoms with Crippen molar-refractivity contribution in [1.29, 1.82) is 0 Å². The standard InChI is InChI=1S/C16H23N5OS/c1-11-7-12(2)21(19-11)9-15-5-4-6-20(15)8-14-10-23-16(18-14)17-13(3)22/h7,10,15H,4-6,8-9H2,1-3H3,(H,17,18,22). The van der Waals surface area contributed by atoms with E-state index in [1.54, 1.807) is 0 Å². The molecule has 0 saturated carbocycles. The van der Waals surface area contributed by atoms with Crippen molar-refractivity contribution in [1.82, 2.24) is 19.7 Å². The Kier molecular flexibility index (Phi) is 4.77. The highest BCUT2D eigenvalue weighted by molar-refractivity contribution is 7.13. The van der Waals surface area contributed by atoms with Gasteiger partial charge in [-0.3, -0.25) is 14.4 Å². The van der Waals surface area contributed by atoms with Crippen LogP contribution >= 0.6 is 11.3 Å². The molecule has 1 N–H and O–H groups in total. The van der Waals surface area contributed by atoms with Crippen LogP contribution in [0.15, 0.2) is 11.4 Å². The number of rotatable bonds is 5. The number of aryl methyl sites for hydroxylation is 2. The molecule has 6 nitrogen and oxygen atoms in total. The first-order chi connectivity index (χ1) is 11.0. The number of hydrogen-bond donors (Lipinski definition) is 1. The maximum Gasteiger partial charge on any atom is 0.223 e. The molecule has 1 unspecified atom stereocenters. The van der Waals surface area contributed by atoms with Crippen molar-refractivity contribution in [2.45, 2.75) is 52.7 Å². The fourth-order valence-electron chi connectivity index (χ4n) is 3.17. The average molecular weight is 333 g/mol. The SMILES string of the molecule is CC(=O)Nc1nc(CN2CCCC2Cn2nc(C)cc2C)cs1. The van der Waals surface area contributed by atoms with E-state index >= 15 is 0 Å². The van der Waals surface area contributed by atoms with Crippen LogP contribution in [0.2, 0.25) is 0 Å². The molecule has 0 aliphatic carbocycles. The van der Waals surface area contributed by atoms with Crippen molar-refractivity contribution in [2.24, 2.45) is 0 Å². The molecule has 1 saturated heterocycles. The lowest BCUT2D eigenvalue weighted by molar-refractivity contribution is -0.114. The summed E-state index contributed by atoms with van der Waals surface area (Å²) >= 11 is 1.48. The molecule has 2 aromatic heterocycles. The van der Waals surface area contributed by atoms with E-state index in [2.05, 4.69) is 38.0 Å². The van der Waals surface area contributed by atoms with Gasteiger partial charge in [0.25, 0.3) is 0 Å². The van der Waals surface area contributed by atoms with E-state index in [1.165, 1.54) is 36.8 Å². The van der Waals surface area contributed by atoms with Crippen molar-refractivity contribution in [3.8, 4) is 0 Å². The van der Waals surface area contributed by atoms with E-state index < -0.39 is 0 Å². The summed E-state index contributed by atoms with van der Waals surface area (Å²) in [5.41, 5.74) is 3.32. The topological polar surface area (TPSA) is 63.1 Å². The number of likely N-dealkylation sites (tertiary alicyclic amines) is 1. The Morgan fingerprint density at radius 3 is 3.00 bits per heavy atom. The lowest BCUT2D eigenvalue weighted by Gasteiger charge is -2.24. The molecule has 1 aliphatic rings. The highest BCUT2D eigenvalue weighted by atomic mass is 32.1. The maximum atomic E-state index is 11.1. The minimum Gasteiger partial charge on any atom is -0.302 e. The van der Waals surface area contributed by atoms with Gasteiger partial charge in [-0.05, 0) is 39.3 Å². The molecular weight excluding hydrogens is 310 g/mol. The van der Waals surface area contributed by atoms with Gasteiger partial charge in [0.1, 0.15) is 0 Å². The van der Waals surface area contributed by atoms with Gasteiger partial charge in [-0.2, -0.15) is 5.10 Å². The third-order valence-corrected chi connectivity index (χ3v) is 4.99. The van der Waals surface area contributed by atoms with Crippen LogP contribution in [0.4, 0.5) is 5.13 Å². The largest absolute Gasteiger partial charge is 0.302 e. The fourth-order valence-corrected chi connectivity index (χ4v) is 3.91. The summed E-state index contributed by atoms with van der Waals surface area (Å²) in [6, 6.07) is 2.62. The number of hydrogen-bond acceptors (Lipinski definition) is 5. The average Bonchev–Trinajstić information content (AvgIpc) is 3.14. The van der Waals surface area contributed by atoms with Gasteiger partial charge in [0.15, 0.2) is 5.13 Å². The van der Waals surface area contributed by atoms with Crippen LogP contribution in [-0.2, 0) is 17.9 Å². The Balaban J connectivity index is 1.63. The number of anilines is 1. The van der Waals surface area contributed by atoms with Gasteiger partial charge in [-0.15, -0.1) is 11.3 Å². The molecule has 3 heterocycles. The minimum absolute atomic E-state index is 0.0746. The third-order valence-electron chi connectivity index (χ3n) is 4.19. The molecule has 1 fully saturated rings. The van der Waals surface area contributed by atoms with Gasteiger partial charge < -0.3 is 5.32 Å². The van der Waals surface area contributed by atoms with Gasteiger partial charge in [-0.25, -0.2) is 4.98 Å². The second-order valence-corrected chi connectivity index (χ2v) is 7.06. The minimum atomic E-state index is -0.0746. The molecule has 1 aliphatic heterocycles. The molecule has 124 valence electrons. The summed E-state index contributed by atoms with van der Waals surface area (Å²) in [6.45, 7) is 8.51. The number of nitrogens with one attached hydrogen (secondary N) is 1. The van der Waals surface area contributed by atoms with Crippen molar-refractivity contribution in [2.75, 3.05) is 11.9 Å². The second kappa shape index (κ2) is 6.80. The van der Waals surface area contributed by atoms with Crippen LogP contribution in [0.3, 0.4) is 0 Å². The molecule has 0 spiro atoms. The van der Waals surface area contributed by atoms with Crippen molar-refractivity contribution < 1.29 is 4.79 Å². The molecule has 1 atom stereocenters. The molecule has 2 aromatic rings. The lowest BCUT2D eigenvalue weighted by atomic mass is 10.2. The lowest BCUT2D eigenvalue weighted by Crippen LogP contribution is -2.33. The molecule has 0 radical (unpaired) electrons. The van der Waals surface area contributed by atoms with Crippen LogP contribution in [0, 0.1) is 13.8 Å². The monoisotopic (exact) mass is 333 g/mol. The molecule has 3 rings (SSSR count). The Labute approximate surface area is 140 Å². The zero-order valence-corrected chi connectivity index (χ0v) is 14.7. The normalized spacial score (nSPS) is 18.5. The van der Waals surface area contributed by atoms with E-state index in [1.807, 2.05) is 12.3 Å². The van der Waals surface area contributed by atoms with E-state index in [4.69, 9.17) is 0 Å². The molecule has 23 heavy (non-hydrogen) atoms. The van der Waals surface area contributed by atoms with Gasteiger partial charge in [0.05, 0.1) is 17.9 Å². The molecule has 0 bridgehead atoms. The van der Waals surface area contributed by atoms with E-state index in [0.717, 1.165) is 31.0 Å². The first-order valence-electron chi connectivity index (χ1n) is 7.98. The fraction of sp³-hybridized carbons (Fsp3) is 0.562. The van der Waals surface area contributed by atoms with E-state index in [0.29, 0.717) is 11.2 Å². The number of carbonyl (C=O) groups is 1. The highest BCUT2D eigenvalue weighted by Crippen LogP contribution is 2.24. The smallest absolute Gasteiger partial charge is 0.223 e. The highest BCUT2D eigenvalue weighted by Gasteiger charge is 2.26. The van der Waals surface area contributed by atoms with Crippen LogP contribution < -0.4 is 5.32 Å². The predicted octanol–water partition coefficient (Wildman–Crippen LogP) is 2.58. The van der Waals surface area contributed by atoms with Crippen LogP contribution in [-0.4, -0.2) is 38.2 Å². The predicted molar refractivity (Wildman–Crippen MR) is 91.6 cm³/mol. The molecular formula is C16H23N5OS. The van der Waals surface area contributed by atoms with Gasteiger partial charge >= 0.3 is 0 Å². The Morgan fingerprint density at radius 1 is 1.48 bits per heavy atom. The Hall–Kier alpha value is -1.73. The van der Waals surface area contributed by atoms with Crippen LogP contribution in [0.25, 0.3) is 0 Å². The summed E-state index contributed by atoms with van der Waals surface area (Å²) in [6.07, 6.45) is 2.41. The van der Waals surface area contributed by atoms with Crippen LogP contribution in [0.5, 0.6) is 0 Å². The number of carbonyl (C=O) groups excluding carboxylic acids is 1. The van der Waals surface area contributed by atoms with Gasteiger partial charge in [0.2, 0.25) is 5.91 Å². The van der Waals surface area contributed by atoms with Crippen molar-refractivity contribution in [3.63, 3.8) is 0 Å². The Morgan fingerprint density at radius 2 is 2.30 bits per heavy atom. The number of nitrogens with zero attached hydrogens (tertiary/aromatic N) is 4. The zero-order valence-electron chi connectivity index (χ0n) is 13.9. The molecule has 7 heteroatoms. The van der Waals surface area contributed by atoms with E-state index in [9.17, 15) is 4.79 Å². The quantitative estimate of drug-likeness (QED) is 0.913. The van der Waals surface area contributed by atoms with Crippen molar-refractivity contribution in [3.05, 3.63) is 28.5 Å². The number of thiazole rings is 1. The summed E-state index contributed by atoms with van der Waals surface area (Å²) < 4.78 is 2.11. The van der Waals surface area contributed by atoms with E-state index in [-0.39, 0.29) is 5.91 Å². The summed E-state index contributed by atoms with van der Waals surface area (Å²) in [5, 5.41) is 10.0. The molecule has 1 amide bonds. The Bertz CT molecular complexity index is 692. The second-order valence-electron chi connectivity index (χ2n) is 6.20. The third kappa shape index (κ3) is 3.97. The number of aromatic nitrogens is 3. The summed E-state index contributed by atoms with van der Waals surface area (Å²) in [4.78, 5) is 18.1. The summed E-state index contributed by atoms with van der Waals surface area (Å²) in [5.74, 6) is -0.0746. The first-order valence-corrected chi connectivity index (χ1v) is 8.86. The first kappa shape index (κ1) is 16.1. The van der Waals surface area contributed by atoms with Crippen molar-refractivity contribution >= 4 is 22.4 Å². The number of amides is 1. The van der Waals surface area contributed by atoms with Gasteiger partial charge in [0, 0.05) is 30.6 Å². The summed E-state index contributed by atoms with van der Waals surface area (Å²) in [7, 11) is 0. The molecule has 0 aromatic carbocycles.